The Kier molecular flexibility index (Phi) is 14.4. The van der Waals surface area contributed by atoms with Crippen molar-refractivity contribution < 1.29 is 38.4 Å². The number of carboxylic acid groups (broad SMARTS) is 1. The molecule has 0 unspecified atom stereocenters. The van der Waals surface area contributed by atoms with Gasteiger partial charge in [-0.25, -0.2) is 4.79 Å². The van der Waals surface area contributed by atoms with Crippen LogP contribution in [0.2, 0.25) is 0 Å². The van der Waals surface area contributed by atoms with Crippen molar-refractivity contribution in [1.29, 1.82) is 0 Å². The van der Waals surface area contributed by atoms with Gasteiger partial charge in [0.05, 0.1) is 26.4 Å². The summed E-state index contributed by atoms with van der Waals surface area (Å²) in [6.07, 6.45) is 6.25. The number of unbranched alkanes of at least 4 members (excludes halogenated alkanes) is 3. The maximum absolute atomic E-state index is 12.0. The lowest BCUT2D eigenvalue weighted by Gasteiger charge is -2.16. The predicted molar refractivity (Wildman–Crippen MR) is 144 cm³/mol. The summed E-state index contributed by atoms with van der Waals surface area (Å²) in [6.45, 7) is 5.14. The Morgan fingerprint density at radius 1 is 0.684 bits per heavy atom. The standard InChI is InChI=1S/C30H40O8/c1-3-35-28(31)18-12-22-38-26-17-11-14-23(24(26)19-20-29(32)36-4-2)13-7-5-6-10-21-37-27-16-9-8-15-25(27)30(33)34/h8-9,11,14-17H,3-7,10,12-13,18-22H2,1-2H3,(H,33,34). The number of carboxylic acids is 1. The number of benzene rings is 2. The van der Waals surface area contributed by atoms with E-state index in [4.69, 9.17) is 18.9 Å². The maximum Gasteiger partial charge on any atom is 0.339 e. The van der Waals surface area contributed by atoms with Crippen LogP contribution in [0.5, 0.6) is 11.5 Å². The van der Waals surface area contributed by atoms with Crippen molar-refractivity contribution in [3.63, 3.8) is 0 Å². The fourth-order valence-electron chi connectivity index (χ4n) is 4.08. The molecule has 0 atom stereocenters. The third-order valence-corrected chi connectivity index (χ3v) is 5.92. The Bertz CT molecular complexity index is 1020. The van der Waals surface area contributed by atoms with Gasteiger partial charge in [-0.1, -0.05) is 37.1 Å². The number of hydrogen-bond donors (Lipinski definition) is 1. The lowest BCUT2D eigenvalue weighted by molar-refractivity contribution is -0.144. The number of aryl methyl sites for hydroxylation is 1. The van der Waals surface area contributed by atoms with Crippen LogP contribution >= 0.6 is 0 Å². The van der Waals surface area contributed by atoms with Gasteiger partial charge < -0.3 is 24.1 Å². The molecule has 0 fully saturated rings. The summed E-state index contributed by atoms with van der Waals surface area (Å²) in [7, 11) is 0. The van der Waals surface area contributed by atoms with E-state index >= 15 is 0 Å². The summed E-state index contributed by atoms with van der Waals surface area (Å²) < 4.78 is 21.8. The SMILES string of the molecule is CCOC(=O)CCCOc1cccc(CCCCCCOc2ccccc2C(=O)O)c1CCC(=O)OCC. The van der Waals surface area contributed by atoms with Gasteiger partial charge in [-0.2, -0.15) is 0 Å². The van der Waals surface area contributed by atoms with Gasteiger partial charge in [0.25, 0.3) is 0 Å². The summed E-state index contributed by atoms with van der Waals surface area (Å²) >= 11 is 0. The highest BCUT2D eigenvalue weighted by Gasteiger charge is 2.13. The zero-order chi connectivity index (χ0) is 27.6. The number of esters is 2. The van der Waals surface area contributed by atoms with E-state index in [1.54, 1.807) is 32.0 Å². The number of hydrogen-bond acceptors (Lipinski definition) is 7. The van der Waals surface area contributed by atoms with Gasteiger partial charge in [-0.05, 0) is 75.3 Å². The first-order valence-corrected chi connectivity index (χ1v) is 13.5. The fraction of sp³-hybridized carbons (Fsp3) is 0.500. The molecule has 0 spiro atoms. The molecular formula is C30H40O8. The Hall–Kier alpha value is -3.55. The zero-order valence-electron chi connectivity index (χ0n) is 22.5. The number of aromatic carboxylic acids is 1. The van der Waals surface area contributed by atoms with Crippen molar-refractivity contribution in [2.75, 3.05) is 26.4 Å². The Morgan fingerprint density at radius 3 is 2.05 bits per heavy atom. The van der Waals surface area contributed by atoms with Gasteiger partial charge >= 0.3 is 17.9 Å². The summed E-state index contributed by atoms with van der Waals surface area (Å²) in [5.41, 5.74) is 2.32. The minimum Gasteiger partial charge on any atom is -0.493 e. The molecule has 0 aliphatic carbocycles. The van der Waals surface area contributed by atoms with Gasteiger partial charge in [0.2, 0.25) is 0 Å². The second kappa shape index (κ2) is 17.8. The van der Waals surface area contributed by atoms with E-state index < -0.39 is 5.97 Å². The first-order valence-electron chi connectivity index (χ1n) is 13.5. The second-order valence-electron chi connectivity index (χ2n) is 8.77. The summed E-state index contributed by atoms with van der Waals surface area (Å²) in [5, 5.41) is 9.25. The molecule has 208 valence electrons. The minimum absolute atomic E-state index is 0.172. The van der Waals surface area contributed by atoms with E-state index in [1.165, 1.54) is 6.07 Å². The normalized spacial score (nSPS) is 10.6. The van der Waals surface area contributed by atoms with Crippen LogP contribution < -0.4 is 9.47 Å². The van der Waals surface area contributed by atoms with E-state index in [1.807, 2.05) is 12.1 Å². The van der Waals surface area contributed by atoms with Crippen LogP contribution in [0.1, 0.15) is 80.3 Å². The topological polar surface area (TPSA) is 108 Å². The average Bonchev–Trinajstić information content (AvgIpc) is 2.90. The Labute approximate surface area is 225 Å². The fourth-order valence-corrected chi connectivity index (χ4v) is 4.08. The van der Waals surface area contributed by atoms with Crippen molar-refractivity contribution >= 4 is 17.9 Å². The molecule has 0 bridgehead atoms. The highest BCUT2D eigenvalue weighted by molar-refractivity contribution is 5.90. The van der Waals surface area contributed by atoms with Crippen LogP contribution in [-0.2, 0) is 31.9 Å². The van der Waals surface area contributed by atoms with Crippen LogP contribution in [0.25, 0.3) is 0 Å². The first kappa shape index (κ1) is 30.7. The molecule has 0 aliphatic rings. The molecule has 0 aromatic heterocycles. The lowest BCUT2D eigenvalue weighted by Crippen LogP contribution is -2.10. The Balaban J connectivity index is 1.86. The van der Waals surface area contributed by atoms with Gasteiger partial charge in [-0.3, -0.25) is 9.59 Å². The smallest absolute Gasteiger partial charge is 0.339 e. The minimum atomic E-state index is -0.996. The highest BCUT2D eigenvalue weighted by atomic mass is 16.5. The van der Waals surface area contributed by atoms with Crippen molar-refractivity contribution in [3.05, 3.63) is 59.2 Å². The largest absolute Gasteiger partial charge is 0.493 e. The number of carbonyl (C=O) groups excluding carboxylic acids is 2. The predicted octanol–water partition coefficient (Wildman–Crippen LogP) is 5.78. The highest BCUT2D eigenvalue weighted by Crippen LogP contribution is 2.26. The van der Waals surface area contributed by atoms with E-state index in [0.29, 0.717) is 51.4 Å². The molecule has 0 amide bonds. The van der Waals surface area contributed by atoms with E-state index in [9.17, 15) is 19.5 Å². The molecule has 8 heteroatoms. The van der Waals surface area contributed by atoms with Crippen LogP contribution in [-0.4, -0.2) is 49.4 Å². The third kappa shape index (κ3) is 11.2. The van der Waals surface area contributed by atoms with Gasteiger partial charge in [0, 0.05) is 12.8 Å². The molecule has 8 nitrogen and oxygen atoms in total. The number of rotatable bonds is 19. The summed E-state index contributed by atoms with van der Waals surface area (Å²) in [4.78, 5) is 34.9. The molecule has 0 heterocycles. The lowest BCUT2D eigenvalue weighted by atomic mass is 9.96. The molecule has 2 rings (SSSR count). The molecule has 0 saturated carbocycles. The third-order valence-electron chi connectivity index (χ3n) is 5.92. The number of carbonyl (C=O) groups is 3. The molecule has 1 N–H and O–H groups in total. The van der Waals surface area contributed by atoms with E-state index in [2.05, 4.69) is 6.07 Å². The molecular weight excluding hydrogens is 488 g/mol. The number of ether oxygens (including phenoxy) is 4. The molecule has 0 radical (unpaired) electrons. The van der Waals surface area contributed by atoms with Crippen LogP contribution in [0, 0.1) is 0 Å². The molecule has 2 aromatic rings. The monoisotopic (exact) mass is 528 g/mol. The van der Waals surface area contributed by atoms with Crippen molar-refractivity contribution in [2.24, 2.45) is 0 Å². The van der Waals surface area contributed by atoms with Crippen LogP contribution in [0.15, 0.2) is 42.5 Å². The van der Waals surface area contributed by atoms with Gasteiger partial charge in [-0.15, -0.1) is 0 Å². The number of para-hydroxylation sites is 1. The van der Waals surface area contributed by atoms with Gasteiger partial charge in [0.15, 0.2) is 0 Å². The van der Waals surface area contributed by atoms with Crippen LogP contribution in [0.4, 0.5) is 0 Å². The van der Waals surface area contributed by atoms with Crippen LogP contribution in [0.3, 0.4) is 0 Å². The van der Waals surface area contributed by atoms with Crippen molar-refractivity contribution in [2.45, 2.75) is 71.6 Å². The molecule has 2 aromatic carbocycles. The Morgan fingerprint density at radius 2 is 1.32 bits per heavy atom. The summed E-state index contributed by atoms with van der Waals surface area (Å²) in [6, 6.07) is 12.6. The molecule has 0 saturated heterocycles. The van der Waals surface area contributed by atoms with Crippen molar-refractivity contribution in [1.82, 2.24) is 0 Å². The molecule has 0 aliphatic heterocycles. The van der Waals surface area contributed by atoms with E-state index in [-0.39, 0.29) is 23.9 Å². The summed E-state index contributed by atoms with van der Waals surface area (Å²) in [5.74, 6) is -0.333. The first-order chi connectivity index (χ1) is 18.5. The molecule has 38 heavy (non-hydrogen) atoms. The maximum atomic E-state index is 12.0. The average molecular weight is 529 g/mol. The quantitative estimate of drug-likeness (QED) is 0.180. The second-order valence-corrected chi connectivity index (χ2v) is 8.77. The zero-order valence-corrected chi connectivity index (χ0v) is 22.5. The van der Waals surface area contributed by atoms with Crippen molar-refractivity contribution in [3.8, 4) is 11.5 Å². The van der Waals surface area contributed by atoms with E-state index in [0.717, 1.165) is 49.0 Å². The van der Waals surface area contributed by atoms with Gasteiger partial charge in [0.1, 0.15) is 17.1 Å².